The van der Waals surface area contributed by atoms with Crippen molar-refractivity contribution < 1.29 is 0 Å². The minimum atomic E-state index is -0.105. The summed E-state index contributed by atoms with van der Waals surface area (Å²) in [6, 6.07) is 0.270. The summed E-state index contributed by atoms with van der Waals surface area (Å²) in [6.07, 6.45) is -0.105. The van der Waals surface area contributed by atoms with Crippen molar-refractivity contribution in [3.63, 3.8) is 0 Å². The van der Waals surface area contributed by atoms with Gasteiger partial charge in [0.25, 0.3) is 0 Å². The zero-order valence-corrected chi connectivity index (χ0v) is 5.44. The lowest BCUT2D eigenvalue weighted by molar-refractivity contribution is 0.556. The summed E-state index contributed by atoms with van der Waals surface area (Å²) in [4.78, 5) is 0. The SMILES string of the molecule is CC1NNC(N)C1Cl. The Bertz CT molecular complexity index is 77.4. The van der Waals surface area contributed by atoms with Gasteiger partial charge < -0.3 is 5.73 Å². The van der Waals surface area contributed by atoms with E-state index in [0.717, 1.165) is 0 Å². The van der Waals surface area contributed by atoms with E-state index in [1.54, 1.807) is 0 Å². The normalized spacial score (nSPS) is 47.6. The van der Waals surface area contributed by atoms with Crippen LogP contribution in [0.25, 0.3) is 0 Å². The van der Waals surface area contributed by atoms with Crippen LogP contribution in [-0.2, 0) is 0 Å². The average Bonchev–Trinajstić information content (AvgIpc) is 1.98. The molecule has 48 valence electrons. The van der Waals surface area contributed by atoms with Gasteiger partial charge in [-0.2, -0.15) is 0 Å². The van der Waals surface area contributed by atoms with Crippen molar-refractivity contribution in [2.45, 2.75) is 24.5 Å². The molecule has 8 heavy (non-hydrogen) atoms. The number of nitrogens with two attached hydrogens (primary N) is 1. The van der Waals surface area contributed by atoms with Crippen LogP contribution in [0.3, 0.4) is 0 Å². The van der Waals surface area contributed by atoms with E-state index in [-0.39, 0.29) is 17.6 Å². The topological polar surface area (TPSA) is 50.1 Å². The number of hydrazine groups is 1. The summed E-state index contributed by atoms with van der Waals surface area (Å²) in [7, 11) is 0. The third-order valence-electron chi connectivity index (χ3n) is 1.30. The highest BCUT2D eigenvalue weighted by Crippen LogP contribution is 2.08. The number of hydrogen-bond donors (Lipinski definition) is 3. The fourth-order valence-electron chi connectivity index (χ4n) is 0.698. The Labute approximate surface area is 53.5 Å². The summed E-state index contributed by atoms with van der Waals surface area (Å²) >= 11 is 5.76. The fourth-order valence-corrected chi connectivity index (χ4v) is 0.824. The fraction of sp³-hybridized carbons (Fsp3) is 1.00. The third-order valence-corrected chi connectivity index (χ3v) is 1.95. The summed E-state index contributed by atoms with van der Waals surface area (Å²) in [5.74, 6) is 0. The maximum Gasteiger partial charge on any atom is 0.0860 e. The average molecular weight is 136 g/mol. The highest BCUT2D eigenvalue weighted by atomic mass is 35.5. The lowest BCUT2D eigenvalue weighted by atomic mass is 10.2. The predicted octanol–water partition coefficient (Wildman–Crippen LogP) is -0.625. The molecule has 0 radical (unpaired) electrons. The Morgan fingerprint density at radius 1 is 1.50 bits per heavy atom. The second-order valence-corrected chi connectivity index (χ2v) is 2.55. The zero-order valence-electron chi connectivity index (χ0n) is 4.69. The molecule has 1 aliphatic rings. The molecule has 0 spiro atoms. The van der Waals surface area contributed by atoms with Crippen LogP contribution in [0.1, 0.15) is 6.92 Å². The number of rotatable bonds is 0. The van der Waals surface area contributed by atoms with Gasteiger partial charge in [-0.05, 0) is 6.92 Å². The van der Waals surface area contributed by atoms with Gasteiger partial charge in [0.1, 0.15) is 0 Å². The molecule has 0 aromatic rings. The molecular weight excluding hydrogens is 126 g/mol. The van der Waals surface area contributed by atoms with E-state index in [4.69, 9.17) is 17.3 Å². The van der Waals surface area contributed by atoms with Crippen LogP contribution < -0.4 is 16.6 Å². The van der Waals surface area contributed by atoms with Crippen molar-refractivity contribution in [2.75, 3.05) is 0 Å². The first kappa shape index (κ1) is 6.29. The summed E-state index contributed by atoms with van der Waals surface area (Å²) < 4.78 is 0. The summed E-state index contributed by atoms with van der Waals surface area (Å²) in [5.41, 5.74) is 11.2. The first-order chi connectivity index (χ1) is 3.72. The Morgan fingerprint density at radius 3 is 2.25 bits per heavy atom. The van der Waals surface area contributed by atoms with Crippen molar-refractivity contribution >= 4 is 11.6 Å². The first-order valence-electron chi connectivity index (χ1n) is 2.62. The molecule has 3 nitrogen and oxygen atoms in total. The van der Waals surface area contributed by atoms with Gasteiger partial charge in [-0.3, -0.25) is 5.43 Å². The van der Waals surface area contributed by atoms with Gasteiger partial charge in [0.2, 0.25) is 0 Å². The first-order valence-corrected chi connectivity index (χ1v) is 3.06. The van der Waals surface area contributed by atoms with Gasteiger partial charge in [0.15, 0.2) is 0 Å². The number of hydrogen-bond acceptors (Lipinski definition) is 3. The summed E-state index contributed by atoms with van der Waals surface area (Å²) in [5, 5.41) is 0.00926. The van der Waals surface area contributed by atoms with E-state index in [9.17, 15) is 0 Å². The largest absolute Gasteiger partial charge is 0.314 e. The Balaban J connectivity index is 2.44. The molecule has 4 heteroatoms. The monoisotopic (exact) mass is 135 g/mol. The van der Waals surface area contributed by atoms with Crippen molar-refractivity contribution in [3.05, 3.63) is 0 Å². The van der Waals surface area contributed by atoms with Crippen LogP contribution in [0.2, 0.25) is 0 Å². The Morgan fingerprint density at radius 2 is 2.12 bits per heavy atom. The van der Waals surface area contributed by atoms with Crippen LogP contribution in [0.4, 0.5) is 0 Å². The number of nitrogens with one attached hydrogen (secondary N) is 2. The van der Waals surface area contributed by atoms with Crippen LogP contribution >= 0.6 is 11.6 Å². The minimum Gasteiger partial charge on any atom is -0.314 e. The van der Waals surface area contributed by atoms with Gasteiger partial charge in [-0.25, -0.2) is 5.43 Å². The predicted molar refractivity (Wildman–Crippen MR) is 33.3 cm³/mol. The van der Waals surface area contributed by atoms with Gasteiger partial charge in [-0.1, -0.05) is 0 Å². The molecule has 4 N–H and O–H groups in total. The van der Waals surface area contributed by atoms with E-state index in [1.807, 2.05) is 6.92 Å². The number of alkyl halides is 1. The molecule has 1 heterocycles. The lowest BCUT2D eigenvalue weighted by Gasteiger charge is -2.06. The molecule has 1 rings (SSSR count). The minimum absolute atomic E-state index is 0.00926. The molecule has 0 aromatic carbocycles. The maximum atomic E-state index is 5.76. The molecule has 3 unspecified atom stereocenters. The van der Waals surface area contributed by atoms with E-state index in [2.05, 4.69) is 10.9 Å². The quantitative estimate of drug-likeness (QED) is 0.388. The van der Waals surface area contributed by atoms with E-state index in [0.29, 0.717) is 0 Å². The van der Waals surface area contributed by atoms with Crippen LogP contribution in [-0.4, -0.2) is 17.6 Å². The lowest BCUT2D eigenvalue weighted by Crippen LogP contribution is -2.39. The van der Waals surface area contributed by atoms with Gasteiger partial charge in [-0.15, -0.1) is 11.6 Å². The van der Waals surface area contributed by atoms with Crippen molar-refractivity contribution in [3.8, 4) is 0 Å². The van der Waals surface area contributed by atoms with Gasteiger partial charge >= 0.3 is 0 Å². The smallest absolute Gasteiger partial charge is 0.0860 e. The second-order valence-electron chi connectivity index (χ2n) is 2.05. The van der Waals surface area contributed by atoms with Crippen LogP contribution in [0, 0.1) is 0 Å². The van der Waals surface area contributed by atoms with Crippen molar-refractivity contribution in [1.82, 2.24) is 10.9 Å². The molecule has 1 fully saturated rings. The molecule has 0 aromatic heterocycles. The maximum absolute atomic E-state index is 5.76. The highest BCUT2D eigenvalue weighted by Gasteiger charge is 2.27. The van der Waals surface area contributed by atoms with E-state index < -0.39 is 0 Å². The standard InChI is InChI=1S/C4H10ClN3/c1-2-3(5)4(6)8-7-2/h2-4,7-8H,6H2,1H3. The zero-order chi connectivity index (χ0) is 6.15. The highest BCUT2D eigenvalue weighted by molar-refractivity contribution is 6.21. The Hall–Kier alpha value is 0.170. The van der Waals surface area contributed by atoms with Crippen molar-refractivity contribution in [1.29, 1.82) is 0 Å². The van der Waals surface area contributed by atoms with E-state index >= 15 is 0 Å². The molecule has 0 amide bonds. The number of halogens is 1. The summed E-state index contributed by atoms with van der Waals surface area (Å²) in [6.45, 7) is 1.98. The van der Waals surface area contributed by atoms with E-state index in [1.165, 1.54) is 0 Å². The van der Waals surface area contributed by atoms with Gasteiger partial charge in [0, 0.05) is 6.04 Å². The molecule has 0 aliphatic carbocycles. The van der Waals surface area contributed by atoms with Crippen LogP contribution in [0.15, 0.2) is 0 Å². The second kappa shape index (κ2) is 2.19. The Kier molecular flexibility index (Phi) is 1.72. The molecule has 1 saturated heterocycles. The molecule has 0 bridgehead atoms. The third kappa shape index (κ3) is 0.951. The molecule has 3 atom stereocenters. The van der Waals surface area contributed by atoms with Crippen LogP contribution in [0.5, 0.6) is 0 Å². The molecule has 0 saturated carbocycles. The van der Waals surface area contributed by atoms with Gasteiger partial charge in [0.05, 0.1) is 11.5 Å². The van der Waals surface area contributed by atoms with Crippen molar-refractivity contribution in [2.24, 2.45) is 5.73 Å². The molecule has 1 aliphatic heterocycles. The molecular formula is C4H10ClN3.